The molecule has 2 N–H and O–H groups in total. The van der Waals surface area contributed by atoms with Crippen molar-refractivity contribution >= 4 is 109 Å². The summed E-state index contributed by atoms with van der Waals surface area (Å²) in [5, 5.41) is 62.9. The maximum absolute atomic E-state index is 13.5. The predicted molar refractivity (Wildman–Crippen MR) is 360 cm³/mol. The first-order chi connectivity index (χ1) is 42.0. The Bertz CT molecular complexity index is 5530. The number of nitriles is 2. The van der Waals surface area contributed by atoms with Crippen LogP contribution in [0, 0.1) is 39.4 Å². The van der Waals surface area contributed by atoms with Gasteiger partial charge in [0.05, 0.1) is 33.1 Å². The second kappa shape index (κ2) is 18.0. The molecule has 0 saturated carbocycles. The van der Waals surface area contributed by atoms with Gasteiger partial charge in [-0.2, -0.15) is 10.5 Å². The van der Waals surface area contributed by atoms with Crippen LogP contribution in [0.5, 0.6) is 11.5 Å². The van der Waals surface area contributed by atoms with E-state index in [0.29, 0.717) is 16.6 Å². The van der Waals surface area contributed by atoms with Gasteiger partial charge in [0.2, 0.25) is 0 Å². The van der Waals surface area contributed by atoms with Gasteiger partial charge in [0.25, 0.3) is 0 Å². The summed E-state index contributed by atoms with van der Waals surface area (Å²) < 4.78 is 4.61. The fourth-order valence-electron chi connectivity index (χ4n) is 17.3. The molecule has 4 aromatic heterocycles. The summed E-state index contributed by atoms with van der Waals surface area (Å²) in [6.45, 7) is 18.2. The van der Waals surface area contributed by atoms with Crippen LogP contribution in [0.4, 0.5) is 0 Å². The molecule has 422 valence electrons. The lowest BCUT2D eigenvalue weighted by Crippen LogP contribution is -2.27. The van der Waals surface area contributed by atoms with Crippen molar-refractivity contribution in [2.24, 2.45) is 16.7 Å². The van der Waals surface area contributed by atoms with Gasteiger partial charge in [0.15, 0.2) is 11.5 Å². The van der Waals surface area contributed by atoms with E-state index >= 15 is 0 Å². The molecule has 0 aliphatic heterocycles. The van der Waals surface area contributed by atoms with E-state index in [2.05, 4.69) is 234 Å². The molecule has 0 fully saturated rings. The fourth-order valence-corrected chi connectivity index (χ4v) is 17.3. The van der Waals surface area contributed by atoms with E-state index in [1.807, 2.05) is 0 Å². The van der Waals surface area contributed by atoms with Gasteiger partial charge >= 0.3 is 0 Å². The van der Waals surface area contributed by atoms with E-state index < -0.39 is 0 Å². The molecule has 0 saturated heterocycles. The number of phenols is 2. The van der Waals surface area contributed by atoms with Gasteiger partial charge in [-0.15, -0.1) is 0 Å². The third-order valence-electron chi connectivity index (χ3n) is 20.3. The first kappa shape index (κ1) is 51.8. The molecular formula is C81H66N4O2. The summed E-state index contributed by atoms with van der Waals surface area (Å²) in [6.07, 6.45) is 20.4. The standard InChI is InChI=1S/C81H66N4O2/c1-42-19-15-16-20-43(2)63-58(40-82)78(86)77-73(71(63)62(42)47-23-13-10-14-24-47)70-51-30-28-45(39-81(6,7)8)34-49(51)36-57-66-61(85(77)75(57)70)32-31-60-65(66)56-35-48-33-44(38-80(3,4)5)27-29-50(48)69-72-67-54(46-21-11-9-12-22-46)37-55-52-25-17-18-26-53(52)64(55)68(67)59(41-83)79(87)76(72)84(60)74(56)69/h9-14,17-21,23-37,46,54,62,64,86-87H,15-16,22,38-39H2,1-8H3/b42-19+,43-20+. The van der Waals surface area contributed by atoms with Crippen molar-refractivity contribution in [3.63, 3.8) is 0 Å². The number of rotatable bonds is 4. The Morgan fingerprint density at radius 1 is 0.552 bits per heavy atom. The van der Waals surface area contributed by atoms with Crippen molar-refractivity contribution in [2.75, 3.05) is 0 Å². The van der Waals surface area contributed by atoms with E-state index in [1.54, 1.807) is 0 Å². The minimum absolute atomic E-state index is 0.0145. The van der Waals surface area contributed by atoms with E-state index in [9.17, 15) is 20.7 Å². The van der Waals surface area contributed by atoms with Crippen LogP contribution >= 0.6 is 0 Å². The van der Waals surface area contributed by atoms with Gasteiger partial charge in [-0.1, -0.05) is 181 Å². The summed E-state index contributed by atoms with van der Waals surface area (Å²) in [6, 6.07) is 47.9. The smallest absolute Gasteiger partial charge is 0.158 e. The highest BCUT2D eigenvalue weighted by Gasteiger charge is 2.45. The van der Waals surface area contributed by atoms with Crippen LogP contribution in [0.3, 0.4) is 0 Å². The number of aromatic hydroxyl groups is 2. The highest BCUT2D eigenvalue weighted by atomic mass is 16.3. The van der Waals surface area contributed by atoms with Crippen LogP contribution in [0.1, 0.15) is 154 Å². The predicted octanol–water partition coefficient (Wildman–Crippen LogP) is 20.7. The summed E-state index contributed by atoms with van der Waals surface area (Å²) in [5.74, 6) is -0.297. The highest BCUT2D eigenvalue weighted by molar-refractivity contribution is 6.41. The quantitative estimate of drug-likeness (QED) is 0.172. The molecule has 0 bridgehead atoms. The molecule has 0 radical (unpaired) electrons. The van der Waals surface area contributed by atoms with E-state index in [1.165, 1.54) is 33.4 Å². The Morgan fingerprint density at radius 3 is 1.71 bits per heavy atom. The van der Waals surface area contributed by atoms with Crippen LogP contribution in [0.15, 0.2) is 163 Å². The number of hydrogen-bond donors (Lipinski definition) is 2. The molecule has 9 aromatic carbocycles. The average Bonchev–Trinajstić information content (AvgIpc) is 1.55. The molecule has 87 heavy (non-hydrogen) atoms. The van der Waals surface area contributed by atoms with Crippen LogP contribution in [0.2, 0.25) is 0 Å². The summed E-state index contributed by atoms with van der Waals surface area (Å²) >= 11 is 0. The molecule has 4 unspecified atom stereocenters. The van der Waals surface area contributed by atoms with Crippen molar-refractivity contribution in [1.82, 2.24) is 8.80 Å². The number of phenolic OH excluding ortho intramolecular Hbond substituents is 2. The molecule has 6 nitrogen and oxygen atoms in total. The zero-order chi connectivity index (χ0) is 59.4. The monoisotopic (exact) mass is 1130 g/mol. The largest absolute Gasteiger partial charge is 0.504 e. The Hall–Kier alpha value is -9.62. The number of allylic oxidation sites excluding steroid dienone is 10. The maximum Gasteiger partial charge on any atom is 0.158 e. The van der Waals surface area contributed by atoms with Crippen LogP contribution in [0.25, 0.3) is 109 Å². The van der Waals surface area contributed by atoms with Gasteiger partial charge in [0, 0.05) is 66.4 Å². The lowest BCUT2D eigenvalue weighted by molar-refractivity contribution is 0.411. The van der Waals surface area contributed by atoms with Gasteiger partial charge in [-0.25, -0.2) is 0 Å². The van der Waals surface area contributed by atoms with Crippen molar-refractivity contribution < 1.29 is 10.2 Å². The molecule has 4 atom stereocenters. The fraction of sp³-hybridized carbons (Fsp3) is 0.235. The number of nitrogens with zero attached hydrogens (tertiary/aromatic N) is 4. The van der Waals surface area contributed by atoms with E-state index in [-0.39, 0.29) is 51.6 Å². The molecular weight excluding hydrogens is 1060 g/mol. The zero-order valence-corrected chi connectivity index (χ0v) is 50.5. The topological polar surface area (TPSA) is 96.9 Å². The van der Waals surface area contributed by atoms with Gasteiger partial charge in [-0.3, -0.25) is 0 Å². The minimum Gasteiger partial charge on any atom is -0.504 e. The van der Waals surface area contributed by atoms with Crippen LogP contribution in [-0.2, 0) is 12.8 Å². The number of aromatic nitrogens is 2. The third-order valence-corrected chi connectivity index (χ3v) is 20.3. The normalized spacial score (nSPS) is 19.9. The average molecular weight is 1130 g/mol. The maximum atomic E-state index is 13.5. The minimum atomic E-state index is -0.217. The van der Waals surface area contributed by atoms with Crippen molar-refractivity contribution in [3.05, 3.63) is 225 Å². The Labute approximate surface area is 505 Å². The highest BCUT2D eigenvalue weighted by Crippen LogP contribution is 2.63. The molecule has 0 spiro atoms. The molecule has 4 aliphatic carbocycles. The number of benzene rings is 9. The van der Waals surface area contributed by atoms with Crippen molar-refractivity contribution in [2.45, 2.75) is 105 Å². The van der Waals surface area contributed by atoms with Crippen molar-refractivity contribution in [3.8, 4) is 23.6 Å². The zero-order valence-electron chi connectivity index (χ0n) is 50.5. The van der Waals surface area contributed by atoms with Crippen LogP contribution in [-0.4, -0.2) is 19.0 Å². The van der Waals surface area contributed by atoms with Crippen molar-refractivity contribution in [1.29, 1.82) is 10.5 Å². The third kappa shape index (κ3) is 7.02. The summed E-state index contributed by atoms with van der Waals surface area (Å²) in [4.78, 5) is 0. The number of fused-ring (bicyclic) bond motifs is 26. The lowest BCUT2D eigenvalue weighted by atomic mass is 9.60. The second-order valence-corrected chi connectivity index (χ2v) is 28.3. The van der Waals surface area contributed by atoms with E-state index in [4.69, 9.17) is 0 Å². The molecule has 17 rings (SSSR count). The molecule has 0 amide bonds. The Balaban J connectivity index is 1.10. The SMILES string of the molecule is C/C1=C\CC/C=C(\C)C(c2ccccc2)c2c1c(C#N)c(O)c1c2c2c3ccc(CC(C)(C)C)cc3cc3c4c5c6cc7cc(CC(C)(C)C)ccc7c7c8c9c(c(C#N)c(O)c8n(c5ccc4n1c32)c67)C1C(=CC9C2C=CC=CC2)c2ccccc21. The molecule has 4 heterocycles. The molecule has 4 aliphatic rings. The molecule has 13 aromatic rings. The first-order valence-corrected chi connectivity index (χ1v) is 31.2. The van der Waals surface area contributed by atoms with Gasteiger partial charge < -0.3 is 19.0 Å². The van der Waals surface area contributed by atoms with Crippen LogP contribution < -0.4 is 0 Å². The summed E-state index contributed by atoms with van der Waals surface area (Å²) in [5.41, 5.74) is 19.3. The van der Waals surface area contributed by atoms with Gasteiger partial charge in [-0.05, 0) is 164 Å². The Kier molecular flexibility index (Phi) is 10.7. The molecule has 6 heteroatoms. The van der Waals surface area contributed by atoms with Gasteiger partial charge in [0.1, 0.15) is 23.3 Å². The lowest BCUT2D eigenvalue weighted by Gasteiger charge is -2.43. The van der Waals surface area contributed by atoms with E-state index in [0.717, 1.165) is 152 Å². The number of hydrogen-bond acceptors (Lipinski definition) is 4. The second-order valence-electron chi connectivity index (χ2n) is 28.3. The summed E-state index contributed by atoms with van der Waals surface area (Å²) in [7, 11) is 0. The Morgan fingerprint density at radius 2 is 1.13 bits per heavy atom. The first-order valence-electron chi connectivity index (χ1n) is 31.2.